The van der Waals surface area contributed by atoms with Crippen molar-refractivity contribution in [2.75, 3.05) is 0 Å². The summed E-state index contributed by atoms with van der Waals surface area (Å²) in [7, 11) is -1.85. The lowest BCUT2D eigenvalue weighted by molar-refractivity contribution is -0.131. The minimum Gasteiger partial charge on any atom is -0.512 e. The maximum absolute atomic E-state index is 10.5. The predicted molar refractivity (Wildman–Crippen MR) is 48.6 cm³/mol. The summed E-state index contributed by atoms with van der Waals surface area (Å²) in [6.45, 7) is 1.29. The van der Waals surface area contributed by atoms with Gasteiger partial charge in [-0.25, -0.2) is 0 Å². The van der Waals surface area contributed by atoms with Crippen LogP contribution in [0.25, 0.3) is 0 Å². The molecule has 74 valence electrons. The Morgan fingerprint density at radius 2 is 1.71 bits per heavy atom. The molecule has 0 bridgehead atoms. The minimum atomic E-state index is -1.85. The van der Waals surface area contributed by atoms with E-state index in [9.17, 15) is 4.79 Å². The van der Waals surface area contributed by atoms with Crippen LogP contribution in [-0.2, 0) is 4.79 Å². The summed E-state index contributed by atoms with van der Waals surface area (Å²) in [6.07, 6.45) is 0. The van der Waals surface area contributed by atoms with E-state index in [1.165, 1.54) is 31.2 Å². The number of esters is 1. The van der Waals surface area contributed by atoms with E-state index in [4.69, 9.17) is 14.8 Å². The molecule has 0 aliphatic heterocycles. The van der Waals surface area contributed by atoms with Crippen molar-refractivity contribution >= 4 is 13.3 Å². The van der Waals surface area contributed by atoms with Crippen molar-refractivity contribution in [3.63, 3.8) is 0 Å². The average Bonchev–Trinajstić information content (AvgIpc) is 2.06. The van der Waals surface area contributed by atoms with Crippen molar-refractivity contribution in [1.82, 2.24) is 0 Å². The Balaban J connectivity index is 2.63. The quantitative estimate of drug-likeness (QED) is 0.403. The molecular weight excluding hydrogens is 187 g/mol. The second kappa shape index (κ2) is 4.64. The summed E-state index contributed by atoms with van der Waals surface area (Å²) in [4.78, 5) is 10.5. The van der Waals surface area contributed by atoms with E-state index in [1.54, 1.807) is 0 Å². The van der Waals surface area contributed by atoms with Crippen LogP contribution in [0.3, 0.4) is 0 Å². The highest BCUT2D eigenvalue weighted by molar-refractivity contribution is 6.33. The molecule has 14 heavy (non-hydrogen) atoms. The number of rotatable bonds is 3. The predicted octanol–water partition coefficient (Wildman–Crippen LogP) is -0.0398. The van der Waals surface area contributed by atoms with Crippen LogP contribution in [0.2, 0.25) is 0 Å². The Morgan fingerprint density at radius 3 is 2.14 bits per heavy atom. The highest BCUT2D eigenvalue weighted by Gasteiger charge is 2.10. The summed E-state index contributed by atoms with van der Waals surface area (Å²) in [5.74, 6) is 0.231. The number of carbonyl (C=O) groups excluding carboxylic acids is 1. The fourth-order valence-electron chi connectivity index (χ4n) is 0.874. The molecule has 1 aromatic rings. The first kappa shape index (κ1) is 10.6. The van der Waals surface area contributed by atoms with Crippen LogP contribution in [0.1, 0.15) is 6.92 Å². The first-order valence-electron chi connectivity index (χ1n) is 3.89. The lowest BCUT2D eigenvalue weighted by Crippen LogP contribution is -2.20. The molecule has 0 fully saturated rings. The van der Waals surface area contributed by atoms with Crippen molar-refractivity contribution in [2.45, 2.75) is 6.92 Å². The van der Waals surface area contributed by atoms with Gasteiger partial charge < -0.3 is 19.4 Å². The second-order valence-electron chi connectivity index (χ2n) is 2.51. The fraction of sp³-hybridized carbons (Fsp3) is 0.125. The lowest BCUT2D eigenvalue weighted by atomic mass is 10.2. The molecule has 1 aromatic carbocycles. The largest absolute Gasteiger partial charge is 0.707 e. The second-order valence-corrected chi connectivity index (χ2v) is 2.51. The van der Waals surface area contributed by atoms with Crippen LogP contribution in [0, 0.1) is 0 Å². The van der Waals surface area contributed by atoms with Crippen molar-refractivity contribution in [3.05, 3.63) is 24.3 Å². The van der Waals surface area contributed by atoms with E-state index in [2.05, 4.69) is 4.65 Å². The highest BCUT2D eigenvalue weighted by atomic mass is 16.6. The topological polar surface area (TPSA) is 76.0 Å². The van der Waals surface area contributed by atoms with Crippen molar-refractivity contribution < 1.29 is 24.2 Å². The van der Waals surface area contributed by atoms with Gasteiger partial charge in [-0.1, -0.05) is 0 Å². The molecule has 0 heterocycles. The standard InChI is InChI=1S/C8H9BO5/c1-6(10)13-7-2-4-8(5-3-7)14-9(11)12/h2-5,11-12H,1H3. The van der Waals surface area contributed by atoms with Crippen molar-refractivity contribution in [2.24, 2.45) is 0 Å². The number of hydrogen-bond donors (Lipinski definition) is 2. The van der Waals surface area contributed by atoms with Gasteiger partial charge in [0.1, 0.15) is 11.5 Å². The number of hydrogen-bond acceptors (Lipinski definition) is 5. The Labute approximate surface area is 81.1 Å². The highest BCUT2D eigenvalue weighted by Crippen LogP contribution is 2.17. The van der Waals surface area contributed by atoms with Crippen molar-refractivity contribution in [3.8, 4) is 11.5 Å². The van der Waals surface area contributed by atoms with Crippen LogP contribution < -0.4 is 9.39 Å². The zero-order valence-electron chi connectivity index (χ0n) is 7.51. The monoisotopic (exact) mass is 196 g/mol. The van der Waals surface area contributed by atoms with E-state index in [1.807, 2.05) is 0 Å². The van der Waals surface area contributed by atoms with Gasteiger partial charge in [-0.15, -0.1) is 0 Å². The van der Waals surface area contributed by atoms with Gasteiger partial charge in [0.05, 0.1) is 0 Å². The zero-order valence-corrected chi connectivity index (χ0v) is 7.51. The molecule has 0 saturated heterocycles. The zero-order chi connectivity index (χ0) is 10.6. The van der Waals surface area contributed by atoms with Gasteiger partial charge in [0, 0.05) is 6.92 Å². The first-order chi connectivity index (χ1) is 6.58. The van der Waals surface area contributed by atoms with Gasteiger partial charge in [-0.3, -0.25) is 4.79 Å². The van der Waals surface area contributed by atoms with Crippen LogP contribution in [-0.4, -0.2) is 23.3 Å². The summed E-state index contributed by atoms with van der Waals surface area (Å²) >= 11 is 0. The van der Waals surface area contributed by atoms with E-state index in [0.29, 0.717) is 5.75 Å². The lowest BCUT2D eigenvalue weighted by Gasteiger charge is -2.05. The van der Waals surface area contributed by atoms with Crippen LogP contribution in [0.5, 0.6) is 11.5 Å². The molecule has 0 unspecified atom stereocenters. The third-order valence-corrected chi connectivity index (χ3v) is 1.33. The first-order valence-corrected chi connectivity index (χ1v) is 3.89. The molecule has 5 nitrogen and oxygen atoms in total. The van der Waals surface area contributed by atoms with E-state index in [-0.39, 0.29) is 5.75 Å². The number of ether oxygens (including phenoxy) is 1. The molecule has 0 aliphatic carbocycles. The minimum absolute atomic E-state index is 0.274. The molecule has 0 radical (unpaired) electrons. The smallest absolute Gasteiger partial charge is 0.512 e. The molecule has 0 aromatic heterocycles. The molecule has 0 atom stereocenters. The fourth-order valence-corrected chi connectivity index (χ4v) is 0.874. The van der Waals surface area contributed by atoms with Gasteiger partial charge in [-0.2, -0.15) is 0 Å². The number of carbonyl (C=O) groups is 1. The maximum Gasteiger partial charge on any atom is 0.707 e. The van der Waals surface area contributed by atoms with Gasteiger partial charge in [0.2, 0.25) is 0 Å². The van der Waals surface area contributed by atoms with Gasteiger partial charge in [0.25, 0.3) is 0 Å². The summed E-state index contributed by atoms with van der Waals surface area (Å²) in [5.41, 5.74) is 0. The van der Waals surface area contributed by atoms with E-state index >= 15 is 0 Å². The Morgan fingerprint density at radius 1 is 1.21 bits per heavy atom. The molecule has 0 amide bonds. The van der Waals surface area contributed by atoms with E-state index < -0.39 is 13.3 Å². The van der Waals surface area contributed by atoms with E-state index in [0.717, 1.165) is 0 Å². The average molecular weight is 196 g/mol. The Kier molecular flexibility index (Phi) is 3.50. The summed E-state index contributed by atoms with van der Waals surface area (Å²) in [5, 5.41) is 16.9. The summed E-state index contributed by atoms with van der Waals surface area (Å²) in [6, 6.07) is 5.88. The van der Waals surface area contributed by atoms with Crippen LogP contribution >= 0.6 is 0 Å². The van der Waals surface area contributed by atoms with Gasteiger partial charge in [-0.05, 0) is 24.3 Å². The SMILES string of the molecule is CC(=O)Oc1ccc(OB(O)O)cc1. The molecule has 2 N–H and O–H groups in total. The molecule has 6 heteroatoms. The van der Waals surface area contributed by atoms with Gasteiger partial charge in [0.15, 0.2) is 0 Å². The number of benzene rings is 1. The molecule has 0 aliphatic rings. The Hall–Kier alpha value is -1.53. The molecule has 1 rings (SSSR count). The third kappa shape index (κ3) is 3.46. The maximum atomic E-state index is 10.5. The molecule has 0 spiro atoms. The summed E-state index contributed by atoms with van der Waals surface area (Å²) < 4.78 is 9.30. The molecule has 0 saturated carbocycles. The molecular formula is C8H9BO5. The Bertz CT molecular complexity index is 308. The van der Waals surface area contributed by atoms with Crippen LogP contribution in [0.4, 0.5) is 0 Å². The third-order valence-electron chi connectivity index (χ3n) is 1.33. The van der Waals surface area contributed by atoms with Crippen molar-refractivity contribution in [1.29, 1.82) is 0 Å². The van der Waals surface area contributed by atoms with Gasteiger partial charge >= 0.3 is 13.3 Å². The normalized spacial score (nSPS) is 9.36. The van der Waals surface area contributed by atoms with Crippen LogP contribution in [0.15, 0.2) is 24.3 Å².